The van der Waals surface area contributed by atoms with E-state index in [2.05, 4.69) is 17.4 Å². The summed E-state index contributed by atoms with van der Waals surface area (Å²) in [6.07, 6.45) is 2.42. The van der Waals surface area contributed by atoms with Crippen molar-refractivity contribution in [2.45, 2.75) is 37.1 Å². The Morgan fingerprint density at radius 3 is 2.53 bits per heavy atom. The highest BCUT2D eigenvalue weighted by atomic mass is 32.2. The molecule has 1 amide bonds. The molecule has 6 nitrogen and oxygen atoms in total. The third-order valence-electron chi connectivity index (χ3n) is 5.93. The van der Waals surface area contributed by atoms with Gasteiger partial charge < -0.3 is 10.1 Å². The van der Waals surface area contributed by atoms with Crippen LogP contribution in [0.1, 0.15) is 30.4 Å². The number of hydrogen-bond donors (Lipinski definition) is 1. The molecule has 32 heavy (non-hydrogen) atoms. The van der Waals surface area contributed by atoms with Gasteiger partial charge in [0.1, 0.15) is 5.75 Å². The minimum Gasteiger partial charge on any atom is -0.496 e. The van der Waals surface area contributed by atoms with Crippen LogP contribution in [-0.4, -0.2) is 38.8 Å². The molecule has 3 aromatic carbocycles. The maximum absolute atomic E-state index is 12.9. The molecule has 1 N–H and O–H groups in total. The molecular formula is C25H28N2O4S. The summed E-state index contributed by atoms with van der Waals surface area (Å²) in [6.45, 7) is 1.56. The van der Waals surface area contributed by atoms with E-state index in [4.69, 9.17) is 4.74 Å². The maximum Gasteiger partial charge on any atom is 0.243 e. The van der Waals surface area contributed by atoms with E-state index in [1.807, 2.05) is 30.3 Å². The molecule has 0 aromatic heterocycles. The van der Waals surface area contributed by atoms with E-state index in [1.54, 1.807) is 25.3 Å². The number of ether oxygens (including phenoxy) is 1. The van der Waals surface area contributed by atoms with Gasteiger partial charge in [0.15, 0.2) is 0 Å². The summed E-state index contributed by atoms with van der Waals surface area (Å²) in [5.74, 6) is 0.500. The predicted octanol–water partition coefficient (Wildman–Crippen LogP) is 3.88. The molecule has 1 saturated heterocycles. The molecule has 0 radical (unpaired) electrons. The Morgan fingerprint density at radius 1 is 1.00 bits per heavy atom. The van der Waals surface area contributed by atoms with Crippen molar-refractivity contribution in [1.82, 2.24) is 9.62 Å². The first kappa shape index (κ1) is 22.3. The van der Waals surface area contributed by atoms with E-state index in [0.717, 1.165) is 29.2 Å². The molecule has 1 fully saturated rings. The summed E-state index contributed by atoms with van der Waals surface area (Å²) in [5.41, 5.74) is 1.78. The Kier molecular flexibility index (Phi) is 6.77. The number of carbonyl (C=O) groups is 1. The van der Waals surface area contributed by atoms with E-state index in [0.29, 0.717) is 37.4 Å². The lowest BCUT2D eigenvalue weighted by Crippen LogP contribution is -2.28. The van der Waals surface area contributed by atoms with Crippen LogP contribution in [-0.2, 0) is 27.8 Å². The van der Waals surface area contributed by atoms with Crippen LogP contribution in [0.5, 0.6) is 5.75 Å². The monoisotopic (exact) mass is 452 g/mol. The molecule has 1 heterocycles. The summed E-state index contributed by atoms with van der Waals surface area (Å²) in [7, 11) is -1.96. The number of amides is 1. The Hall–Kier alpha value is -2.90. The SMILES string of the molecule is COc1ccc(S(=O)(=O)N2CCCC2)cc1CCC(=O)NCc1cccc2ccccc12. The van der Waals surface area contributed by atoms with Crippen molar-refractivity contribution < 1.29 is 17.9 Å². The highest BCUT2D eigenvalue weighted by Crippen LogP contribution is 2.27. The lowest BCUT2D eigenvalue weighted by atomic mass is 10.0. The van der Waals surface area contributed by atoms with Gasteiger partial charge in [0.05, 0.1) is 12.0 Å². The highest BCUT2D eigenvalue weighted by molar-refractivity contribution is 7.89. The second kappa shape index (κ2) is 9.71. The van der Waals surface area contributed by atoms with Crippen LogP contribution in [0.15, 0.2) is 65.6 Å². The topological polar surface area (TPSA) is 75.7 Å². The van der Waals surface area contributed by atoms with Crippen molar-refractivity contribution >= 4 is 26.7 Å². The average molecular weight is 453 g/mol. The van der Waals surface area contributed by atoms with E-state index in [9.17, 15) is 13.2 Å². The van der Waals surface area contributed by atoms with Crippen molar-refractivity contribution in [3.63, 3.8) is 0 Å². The first-order valence-corrected chi connectivity index (χ1v) is 12.3. The molecule has 0 saturated carbocycles. The Bertz CT molecular complexity index is 1210. The van der Waals surface area contributed by atoms with Gasteiger partial charge >= 0.3 is 0 Å². The van der Waals surface area contributed by atoms with E-state index < -0.39 is 10.0 Å². The second-order valence-electron chi connectivity index (χ2n) is 8.00. The predicted molar refractivity (Wildman–Crippen MR) is 125 cm³/mol. The highest BCUT2D eigenvalue weighted by Gasteiger charge is 2.27. The van der Waals surface area contributed by atoms with E-state index in [1.165, 1.54) is 4.31 Å². The third-order valence-corrected chi connectivity index (χ3v) is 7.83. The van der Waals surface area contributed by atoms with Crippen LogP contribution in [0.25, 0.3) is 10.8 Å². The molecule has 0 spiro atoms. The molecule has 1 aliphatic heterocycles. The molecule has 1 aliphatic rings. The normalized spacial score (nSPS) is 14.5. The van der Waals surface area contributed by atoms with Gasteiger partial charge in [0.2, 0.25) is 15.9 Å². The van der Waals surface area contributed by atoms with E-state index >= 15 is 0 Å². The molecule has 4 rings (SSSR count). The van der Waals surface area contributed by atoms with Crippen molar-refractivity contribution in [2.24, 2.45) is 0 Å². The van der Waals surface area contributed by atoms with Gasteiger partial charge in [-0.3, -0.25) is 4.79 Å². The first-order chi connectivity index (χ1) is 15.5. The van der Waals surface area contributed by atoms with Crippen LogP contribution in [0.3, 0.4) is 0 Å². The molecule has 0 aliphatic carbocycles. The summed E-state index contributed by atoms with van der Waals surface area (Å²) in [5, 5.41) is 5.24. The van der Waals surface area contributed by atoms with Gasteiger partial charge in [0.25, 0.3) is 0 Å². The number of aryl methyl sites for hydroxylation is 1. The molecule has 3 aromatic rings. The largest absolute Gasteiger partial charge is 0.496 e. The van der Waals surface area contributed by atoms with Gasteiger partial charge in [-0.25, -0.2) is 8.42 Å². The lowest BCUT2D eigenvalue weighted by Gasteiger charge is -2.17. The van der Waals surface area contributed by atoms with Gasteiger partial charge in [0, 0.05) is 26.1 Å². The summed E-state index contributed by atoms with van der Waals surface area (Å²) >= 11 is 0. The van der Waals surface area contributed by atoms with Crippen LogP contribution in [0.2, 0.25) is 0 Å². The lowest BCUT2D eigenvalue weighted by molar-refractivity contribution is -0.121. The molecule has 7 heteroatoms. The number of benzene rings is 3. The van der Waals surface area contributed by atoms with Crippen LogP contribution >= 0.6 is 0 Å². The Labute approximate surface area is 189 Å². The molecular weight excluding hydrogens is 424 g/mol. The standard InChI is InChI=1S/C25H28N2O4S/c1-31-24-13-12-22(32(29,30)27-15-4-5-16-27)17-20(24)11-14-25(28)26-18-21-9-6-8-19-7-2-3-10-23(19)21/h2-3,6-10,12-13,17H,4-5,11,14-16,18H2,1H3,(H,26,28). The smallest absolute Gasteiger partial charge is 0.243 e. The minimum atomic E-state index is -3.51. The van der Waals surface area contributed by atoms with Gasteiger partial charge in [-0.15, -0.1) is 0 Å². The molecule has 0 unspecified atom stereocenters. The van der Waals surface area contributed by atoms with Gasteiger partial charge in [-0.05, 0) is 59.4 Å². The van der Waals surface area contributed by atoms with Gasteiger partial charge in [-0.2, -0.15) is 4.31 Å². The van der Waals surface area contributed by atoms with Crippen molar-refractivity contribution in [2.75, 3.05) is 20.2 Å². The maximum atomic E-state index is 12.9. The Morgan fingerprint density at radius 2 is 1.75 bits per heavy atom. The number of nitrogens with one attached hydrogen (secondary N) is 1. The average Bonchev–Trinajstić information content (AvgIpc) is 3.37. The number of carbonyl (C=O) groups excluding carboxylic acids is 1. The second-order valence-corrected chi connectivity index (χ2v) is 9.94. The quantitative estimate of drug-likeness (QED) is 0.563. The zero-order chi connectivity index (χ0) is 22.6. The van der Waals surface area contributed by atoms with Crippen molar-refractivity contribution in [1.29, 1.82) is 0 Å². The van der Waals surface area contributed by atoms with E-state index in [-0.39, 0.29) is 17.2 Å². The van der Waals surface area contributed by atoms with Crippen molar-refractivity contribution in [3.8, 4) is 5.75 Å². The molecule has 0 bridgehead atoms. The number of nitrogens with zero attached hydrogens (tertiary/aromatic N) is 1. The number of fused-ring (bicyclic) bond motifs is 1. The fourth-order valence-corrected chi connectivity index (χ4v) is 5.73. The fourth-order valence-electron chi connectivity index (χ4n) is 4.17. The third kappa shape index (κ3) is 4.79. The zero-order valence-electron chi connectivity index (χ0n) is 18.2. The molecule has 168 valence electrons. The van der Waals surface area contributed by atoms with Crippen LogP contribution < -0.4 is 10.1 Å². The Balaban J connectivity index is 1.42. The number of methoxy groups -OCH3 is 1. The summed E-state index contributed by atoms with van der Waals surface area (Å²) in [6, 6.07) is 19.0. The minimum absolute atomic E-state index is 0.0900. The zero-order valence-corrected chi connectivity index (χ0v) is 19.0. The fraction of sp³-hybridized carbons (Fsp3) is 0.320. The summed E-state index contributed by atoms with van der Waals surface area (Å²) < 4.78 is 32.7. The number of hydrogen-bond acceptors (Lipinski definition) is 4. The number of sulfonamides is 1. The van der Waals surface area contributed by atoms with Crippen LogP contribution in [0.4, 0.5) is 0 Å². The number of rotatable bonds is 8. The van der Waals surface area contributed by atoms with Crippen LogP contribution in [0, 0.1) is 0 Å². The first-order valence-electron chi connectivity index (χ1n) is 10.9. The van der Waals surface area contributed by atoms with Crippen molar-refractivity contribution in [3.05, 3.63) is 71.8 Å². The summed E-state index contributed by atoms with van der Waals surface area (Å²) in [4.78, 5) is 12.8. The van der Waals surface area contributed by atoms with Gasteiger partial charge in [-0.1, -0.05) is 42.5 Å². The molecule has 0 atom stereocenters.